The molecule has 0 aliphatic heterocycles. The Kier molecular flexibility index (Phi) is 2.87. The molecule has 1 aromatic rings. The number of hydrogen-bond acceptors (Lipinski definition) is 4. The molecule has 0 atom stereocenters. The predicted molar refractivity (Wildman–Crippen MR) is 43.8 cm³/mol. The van der Waals surface area contributed by atoms with Crippen LogP contribution in [0.25, 0.3) is 0 Å². The molecule has 0 radical (unpaired) electrons. The van der Waals surface area contributed by atoms with Crippen LogP contribution in [0.2, 0.25) is 0 Å². The largest absolute Gasteiger partial charge is 0.478 e. The van der Waals surface area contributed by atoms with Crippen molar-refractivity contribution in [2.45, 2.75) is 12.1 Å². The molecule has 1 aromatic heterocycles. The highest BCUT2D eigenvalue weighted by molar-refractivity contribution is 8.02. The molecule has 0 amide bonds. The van der Waals surface area contributed by atoms with E-state index < -0.39 is 5.97 Å². The maximum Gasteiger partial charge on any atom is 0.328 e. The zero-order valence-electron chi connectivity index (χ0n) is 6.31. The highest BCUT2D eigenvalue weighted by Crippen LogP contribution is 2.12. The third-order valence-corrected chi connectivity index (χ3v) is 1.63. The van der Waals surface area contributed by atoms with Crippen molar-refractivity contribution < 1.29 is 9.90 Å². The zero-order chi connectivity index (χ0) is 8.97. The molecule has 0 aromatic carbocycles. The Morgan fingerprint density at radius 2 is 2.50 bits per heavy atom. The second kappa shape index (κ2) is 3.91. The predicted octanol–water partition coefficient (Wildman–Crippen LogP) is 0.804. The summed E-state index contributed by atoms with van der Waals surface area (Å²) >= 11 is 1.15. The molecule has 0 spiro atoms. The average Bonchev–Trinajstić information content (AvgIpc) is 2.35. The molecule has 0 aliphatic carbocycles. The van der Waals surface area contributed by atoms with E-state index in [4.69, 9.17) is 5.11 Å². The first-order valence-corrected chi connectivity index (χ1v) is 4.01. The SMILES string of the molecule is Cc1nc(SC=CC(=O)O)n[nH]1. The van der Waals surface area contributed by atoms with E-state index >= 15 is 0 Å². The van der Waals surface area contributed by atoms with Crippen LogP contribution in [0.15, 0.2) is 16.6 Å². The first kappa shape index (κ1) is 8.79. The molecule has 1 heterocycles. The number of aromatic nitrogens is 3. The Balaban J connectivity index is 2.48. The van der Waals surface area contributed by atoms with Gasteiger partial charge < -0.3 is 5.11 Å². The molecule has 0 fully saturated rings. The monoisotopic (exact) mass is 185 g/mol. The maximum absolute atomic E-state index is 10.0. The van der Waals surface area contributed by atoms with E-state index in [-0.39, 0.29) is 0 Å². The fourth-order valence-electron chi connectivity index (χ4n) is 0.528. The van der Waals surface area contributed by atoms with Crippen LogP contribution in [0.5, 0.6) is 0 Å². The summed E-state index contributed by atoms with van der Waals surface area (Å²) in [5.41, 5.74) is 0. The van der Waals surface area contributed by atoms with E-state index in [1.807, 2.05) is 0 Å². The Labute approximate surface area is 72.9 Å². The van der Waals surface area contributed by atoms with Gasteiger partial charge in [-0.25, -0.2) is 9.78 Å². The van der Waals surface area contributed by atoms with Crippen molar-refractivity contribution >= 4 is 17.7 Å². The van der Waals surface area contributed by atoms with Crippen LogP contribution in [0, 0.1) is 6.92 Å². The van der Waals surface area contributed by atoms with E-state index in [1.54, 1.807) is 6.92 Å². The number of H-pyrrole nitrogens is 1. The lowest BCUT2D eigenvalue weighted by molar-refractivity contribution is -0.131. The standard InChI is InChI=1S/C6H7N3O2S/c1-4-7-6(9-8-4)12-3-2-5(10)11/h2-3H,1H3,(H,10,11)(H,7,8,9). The lowest BCUT2D eigenvalue weighted by Crippen LogP contribution is -1.84. The smallest absolute Gasteiger partial charge is 0.328 e. The summed E-state index contributed by atoms with van der Waals surface area (Å²) in [7, 11) is 0. The number of aryl methyl sites for hydroxylation is 1. The van der Waals surface area contributed by atoms with Gasteiger partial charge in [-0.05, 0) is 12.3 Å². The Morgan fingerprint density at radius 3 is 3.00 bits per heavy atom. The van der Waals surface area contributed by atoms with E-state index in [0.29, 0.717) is 11.0 Å². The fraction of sp³-hybridized carbons (Fsp3) is 0.167. The van der Waals surface area contributed by atoms with Crippen LogP contribution in [0.3, 0.4) is 0 Å². The normalized spacial score (nSPS) is 10.8. The van der Waals surface area contributed by atoms with Gasteiger partial charge in [0.2, 0.25) is 5.16 Å². The van der Waals surface area contributed by atoms with Crippen molar-refractivity contribution in [2.24, 2.45) is 0 Å². The number of hydrogen-bond donors (Lipinski definition) is 2. The minimum absolute atomic E-state index is 0.519. The molecular formula is C6H7N3O2S. The first-order valence-electron chi connectivity index (χ1n) is 3.13. The molecular weight excluding hydrogens is 178 g/mol. The quantitative estimate of drug-likeness (QED) is 0.538. The van der Waals surface area contributed by atoms with Crippen LogP contribution >= 0.6 is 11.8 Å². The molecule has 0 saturated carbocycles. The molecule has 5 nitrogen and oxygen atoms in total. The van der Waals surface area contributed by atoms with Gasteiger partial charge in [0.1, 0.15) is 5.82 Å². The number of nitrogens with zero attached hydrogens (tertiary/aromatic N) is 2. The van der Waals surface area contributed by atoms with Gasteiger partial charge in [-0.2, -0.15) is 0 Å². The number of nitrogens with one attached hydrogen (secondary N) is 1. The summed E-state index contributed by atoms with van der Waals surface area (Å²) in [6, 6.07) is 0. The molecule has 0 unspecified atom stereocenters. The Bertz CT molecular complexity index is 307. The molecule has 64 valence electrons. The van der Waals surface area contributed by atoms with Crippen LogP contribution in [-0.4, -0.2) is 26.3 Å². The van der Waals surface area contributed by atoms with Crippen molar-refractivity contribution in [3.05, 3.63) is 17.3 Å². The minimum atomic E-state index is -0.977. The van der Waals surface area contributed by atoms with Crippen molar-refractivity contribution in [1.82, 2.24) is 15.2 Å². The third kappa shape index (κ3) is 2.75. The first-order chi connectivity index (χ1) is 5.68. The van der Waals surface area contributed by atoms with Crippen molar-refractivity contribution in [2.75, 3.05) is 0 Å². The van der Waals surface area contributed by atoms with Crippen molar-refractivity contribution in [3.63, 3.8) is 0 Å². The van der Waals surface area contributed by atoms with Crippen molar-refractivity contribution in [3.8, 4) is 0 Å². The maximum atomic E-state index is 10.0. The summed E-state index contributed by atoms with van der Waals surface area (Å²) in [6.45, 7) is 1.78. The molecule has 2 N–H and O–H groups in total. The highest BCUT2D eigenvalue weighted by Gasteiger charge is 1.96. The lowest BCUT2D eigenvalue weighted by atomic mass is 10.7. The molecule has 0 bridgehead atoms. The van der Waals surface area contributed by atoms with Gasteiger partial charge >= 0.3 is 5.97 Å². The molecule has 6 heteroatoms. The number of carboxylic acid groups (broad SMARTS) is 1. The van der Waals surface area contributed by atoms with Crippen LogP contribution < -0.4 is 0 Å². The second-order valence-corrected chi connectivity index (χ2v) is 2.84. The number of thioether (sulfide) groups is 1. The van der Waals surface area contributed by atoms with Gasteiger partial charge in [-0.15, -0.1) is 5.10 Å². The van der Waals surface area contributed by atoms with Gasteiger partial charge in [0.15, 0.2) is 0 Å². The van der Waals surface area contributed by atoms with Crippen LogP contribution in [0.1, 0.15) is 5.82 Å². The molecule has 12 heavy (non-hydrogen) atoms. The molecule has 1 rings (SSSR count). The number of rotatable bonds is 3. The summed E-state index contributed by atoms with van der Waals surface area (Å²) in [4.78, 5) is 14.0. The summed E-state index contributed by atoms with van der Waals surface area (Å²) in [6.07, 6.45) is 1.04. The average molecular weight is 185 g/mol. The summed E-state index contributed by atoms with van der Waals surface area (Å²) < 4.78 is 0. The Morgan fingerprint density at radius 1 is 1.75 bits per heavy atom. The molecule has 0 aliphatic rings. The summed E-state index contributed by atoms with van der Waals surface area (Å²) in [5.74, 6) is -0.268. The van der Waals surface area contributed by atoms with E-state index in [0.717, 1.165) is 17.8 Å². The van der Waals surface area contributed by atoms with Gasteiger partial charge in [0, 0.05) is 6.08 Å². The van der Waals surface area contributed by atoms with E-state index in [1.165, 1.54) is 5.41 Å². The fourth-order valence-corrected chi connectivity index (χ4v) is 1.12. The van der Waals surface area contributed by atoms with Crippen LogP contribution in [0.4, 0.5) is 0 Å². The topological polar surface area (TPSA) is 78.9 Å². The van der Waals surface area contributed by atoms with Gasteiger partial charge in [-0.1, -0.05) is 11.8 Å². The molecule has 0 saturated heterocycles. The third-order valence-electron chi connectivity index (χ3n) is 0.961. The second-order valence-electron chi connectivity index (χ2n) is 1.96. The van der Waals surface area contributed by atoms with Crippen molar-refractivity contribution in [1.29, 1.82) is 0 Å². The highest BCUT2D eigenvalue weighted by atomic mass is 32.2. The van der Waals surface area contributed by atoms with E-state index in [9.17, 15) is 4.79 Å². The number of carboxylic acids is 1. The number of aromatic amines is 1. The zero-order valence-corrected chi connectivity index (χ0v) is 7.13. The number of aliphatic carboxylic acids is 1. The van der Waals surface area contributed by atoms with Crippen LogP contribution in [-0.2, 0) is 4.79 Å². The minimum Gasteiger partial charge on any atom is -0.478 e. The van der Waals surface area contributed by atoms with E-state index in [2.05, 4.69) is 15.2 Å². The van der Waals surface area contributed by atoms with Gasteiger partial charge in [-0.3, -0.25) is 5.10 Å². The number of carbonyl (C=O) groups is 1. The Hall–Kier alpha value is -1.30. The van der Waals surface area contributed by atoms with Gasteiger partial charge in [0.25, 0.3) is 0 Å². The summed E-state index contributed by atoms with van der Waals surface area (Å²) in [5, 5.41) is 16.6. The lowest BCUT2D eigenvalue weighted by Gasteiger charge is -1.82. The van der Waals surface area contributed by atoms with Gasteiger partial charge in [0.05, 0.1) is 0 Å².